The van der Waals surface area contributed by atoms with Gasteiger partial charge in [0.05, 0.1) is 0 Å². The van der Waals surface area contributed by atoms with Gasteiger partial charge in [0, 0.05) is 11.6 Å². The van der Waals surface area contributed by atoms with Crippen LogP contribution in [0.2, 0.25) is 0 Å². The van der Waals surface area contributed by atoms with Crippen molar-refractivity contribution in [3.8, 4) is 23.0 Å². The van der Waals surface area contributed by atoms with Crippen LogP contribution in [-0.2, 0) is 4.79 Å². The van der Waals surface area contributed by atoms with E-state index in [0.717, 1.165) is 12.1 Å². The van der Waals surface area contributed by atoms with E-state index in [1.54, 1.807) is 0 Å². The maximum atomic E-state index is 10.2. The third kappa shape index (κ3) is 2.11. The van der Waals surface area contributed by atoms with Crippen molar-refractivity contribution in [3.63, 3.8) is 0 Å². The fraction of sp³-hybridized carbons (Fsp3) is 0. The number of phenols is 4. The van der Waals surface area contributed by atoms with Gasteiger partial charge in [-0.1, -0.05) is 0 Å². The Morgan fingerprint density at radius 3 is 2.20 bits per heavy atom. The zero-order valence-electron chi connectivity index (χ0n) is 7.38. The van der Waals surface area contributed by atoms with Gasteiger partial charge in [-0.15, -0.1) is 0 Å². The molecular weight excluding hydrogens is 204 g/mol. The van der Waals surface area contributed by atoms with Gasteiger partial charge < -0.3 is 25.5 Å². The maximum absolute atomic E-state index is 10.2. The molecule has 6 nitrogen and oxygen atoms in total. The van der Waals surface area contributed by atoms with Gasteiger partial charge in [0.25, 0.3) is 0 Å². The van der Waals surface area contributed by atoms with Crippen LogP contribution in [0.5, 0.6) is 23.0 Å². The molecule has 0 bridgehead atoms. The van der Waals surface area contributed by atoms with Crippen LogP contribution in [-0.4, -0.2) is 31.5 Å². The molecule has 0 unspecified atom stereocenters. The van der Waals surface area contributed by atoms with Gasteiger partial charge >= 0.3 is 5.97 Å². The van der Waals surface area contributed by atoms with Crippen LogP contribution < -0.4 is 0 Å². The molecule has 5 N–H and O–H groups in total. The van der Waals surface area contributed by atoms with Gasteiger partial charge in [-0.2, -0.15) is 0 Å². The Morgan fingerprint density at radius 2 is 1.67 bits per heavy atom. The van der Waals surface area contributed by atoms with E-state index in [2.05, 4.69) is 0 Å². The molecule has 0 atom stereocenters. The number of aliphatic carboxylic acids is 1. The van der Waals surface area contributed by atoms with Crippen LogP contribution >= 0.6 is 0 Å². The summed E-state index contributed by atoms with van der Waals surface area (Å²) in [6.45, 7) is 0. The number of rotatable bonds is 2. The van der Waals surface area contributed by atoms with Crippen molar-refractivity contribution >= 4 is 12.0 Å². The van der Waals surface area contributed by atoms with Crippen LogP contribution in [0.1, 0.15) is 5.56 Å². The summed E-state index contributed by atoms with van der Waals surface area (Å²) in [5, 5.41) is 44.7. The SMILES string of the molecule is O=C(O)/C=C/c1cc(O)c(O)c(O)c1O. The summed E-state index contributed by atoms with van der Waals surface area (Å²) in [5.41, 5.74) is -0.120. The molecule has 80 valence electrons. The van der Waals surface area contributed by atoms with Crippen molar-refractivity contribution < 1.29 is 30.3 Å². The summed E-state index contributed by atoms with van der Waals surface area (Å²) in [6, 6.07) is 0.920. The average molecular weight is 212 g/mol. The van der Waals surface area contributed by atoms with Crippen molar-refractivity contribution in [3.05, 3.63) is 17.7 Å². The number of carboxylic acid groups (broad SMARTS) is 1. The molecule has 0 amide bonds. The lowest BCUT2D eigenvalue weighted by Gasteiger charge is -2.05. The van der Waals surface area contributed by atoms with E-state index in [4.69, 9.17) is 20.4 Å². The van der Waals surface area contributed by atoms with E-state index in [-0.39, 0.29) is 5.56 Å². The highest BCUT2D eigenvalue weighted by molar-refractivity contribution is 5.86. The summed E-state index contributed by atoms with van der Waals surface area (Å²) >= 11 is 0. The van der Waals surface area contributed by atoms with Gasteiger partial charge in [-0.3, -0.25) is 0 Å². The van der Waals surface area contributed by atoms with Crippen LogP contribution in [0.3, 0.4) is 0 Å². The molecule has 0 fully saturated rings. The molecule has 0 heterocycles. The number of carboxylic acids is 1. The predicted octanol–water partition coefficient (Wildman–Crippen LogP) is 0.607. The highest BCUT2D eigenvalue weighted by Gasteiger charge is 2.14. The maximum Gasteiger partial charge on any atom is 0.328 e. The van der Waals surface area contributed by atoms with E-state index >= 15 is 0 Å². The standard InChI is InChI=1S/C9H8O6/c10-5-3-4(1-2-6(11)12)7(13)9(15)8(5)14/h1-3,10,13-15H,(H,11,12)/b2-1+. The second-order valence-electron chi connectivity index (χ2n) is 2.70. The smallest absolute Gasteiger partial charge is 0.328 e. The predicted molar refractivity (Wildman–Crippen MR) is 49.8 cm³/mol. The molecule has 0 saturated carbocycles. The van der Waals surface area contributed by atoms with Gasteiger partial charge in [0.1, 0.15) is 0 Å². The van der Waals surface area contributed by atoms with Crippen LogP contribution in [0, 0.1) is 0 Å². The van der Waals surface area contributed by atoms with E-state index in [0.29, 0.717) is 6.08 Å². The highest BCUT2D eigenvalue weighted by Crippen LogP contribution is 2.44. The zero-order valence-corrected chi connectivity index (χ0v) is 7.38. The number of carbonyl (C=O) groups is 1. The van der Waals surface area contributed by atoms with Crippen molar-refractivity contribution in [2.75, 3.05) is 0 Å². The lowest BCUT2D eigenvalue weighted by molar-refractivity contribution is -0.131. The Labute approximate surface area is 84.0 Å². The first-order valence-electron chi connectivity index (χ1n) is 3.81. The van der Waals surface area contributed by atoms with Crippen LogP contribution in [0.25, 0.3) is 6.08 Å². The fourth-order valence-corrected chi connectivity index (χ4v) is 0.942. The monoisotopic (exact) mass is 212 g/mol. The molecule has 1 rings (SSSR count). The first kappa shape index (κ1) is 10.7. The Hall–Kier alpha value is -2.37. The number of benzene rings is 1. The largest absolute Gasteiger partial charge is 0.504 e. The summed E-state index contributed by atoms with van der Waals surface area (Å²) < 4.78 is 0. The lowest BCUT2D eigenvalue weighted by atomic mass is 10.1. The van der Waals surface area contributed by atoms with E-state index in [9.17, 15) is 9.90 Å². The molecule has 0 radical (unpaired) electrons. The minimum absolute atomic E-state index is 0.120. The topological polar surface area (TPSA) is 118 Å². The first-order chi connectivity index (χ1) is 6.93. The molecule has 1 aromatic carbocycles. The summed E-state index contributed by atoms with van der Waals surface area (Å²) in [5.74, 6) is -4.38. The van der Waals surface area contributed by atoms with Gasteiger partial charge in [-0.25, -0.2) is 4.79 Å². The Morgan fingerprint density at radius 1 is 1.07 bits per heavy atom. The third-order valence-corrected chi connectivity index (χ3v) is 1.66. The highest BCUT2D eigenvalue weighted by atomic mass is 16.4. The van der Waals surface area contributed by atoms with Crippen molar-refractivity contribution in [1.29, 1.82) is 0 Å². The van der Waals surface area contributed by atoms with Crippen LogP contribution in [0.4, 0.5) is 0 Å². The number of aromatic hydroxyl groups is 4. The number of phenolic OH excluding ortho intramolecular Hbond substituents is 4. The quantitative estimate of drug-likeness (QED) is 0.278. The minimum Gasteiger partial charge on any atom is -0.504 e. The molecule has 0 aromatic heterocycles. The normalized spacial score (nSPS) is 10.7. The molecular formula is C9H8O6. The van der Waals surface area contributed by atoms with Gasteiger partial charge in [0.15, 0.2) is 11.5 Å². The molecule has 0 aliphatic rings. The average Bonchev–Trinajstić information content (AvgIpc) is 2.18. The Bertz CT molecular complexity index is 435. The first-order valence-corrected chi connectivity index (χ1v) is 3.81. The van der Waals surface area contributed by atoms with Gasteiger partial charge in [0.2, 0.25) is 11.5 Å². The van der Waals surface area contributed by atoms with Crippen LogP contribution in [0.15, 0.2) is 12.1 Å². The third-order valence-electron chi connectivity index (χ3n) is 1.66. The number of hydrogen-bond acceptors (Lipinski definition) is 5. The molecule has 0 aliphatic heterocycles. The summed E-state index contributed by atoms with van der Waals surface area (Å²) in [7, 11) is 0. The second-order valence-corrected chi connectivity index (χ2v) is 2.70. The minimum atomic E-state index is -1.25. The summed E-state index contributed by atoms with van der Waals surface area (Å²) in [4.78, 5) is 10.2. The lowest BCUT2D eigenvalue weighted by Crippen LogP contribution is -1.86. The molecule has 0 spiro atoms. The molecule has 0 aliphatic carbocycles. The van der Waals surface area contributed by atoms with Crippen molar-refractivity contribution in [2.45, 2.75) is 0 Å². The number of hydrogen-bond donors (Lipinski definition) is 5. The van der Waals surface area contributed by atoms with Gasteiger partial charge in [-0.05, 0) is 12.1 Å². The van der Waals surface area contributed by atoms with E-state index in [1.165, 1.54) is 0 Å². The van der Waals surface area contributed by atoms with E-state index < -0.39 is 29.0 Å². The van der Waals surface area contributed by atoms with E-state index in [1.807, 2.05) is 0 Å². The molecule has 15 heavy (non-hydrogen) atoms. The molecule has 1 aromatic rings. The zero-order chi connectivity index (χ0) is 11.6. The van der Waals surface area contributed by atoms with Crippen molar-refractivity contribution in [1.82, 2.24) is 0 Å². The molecule has 0 saturated heterocycles. The fourth-order valence-electron chi connectivity index (χ4n) is 0.942. The second kappa shape index (κ2) is 3.79. The Kier molecular flexibility index (Phi) is 2.70. The summed E-state index contributed by atoms with van der Waals surface area (Å²) in [6.07, 6.45) is 1.68. The molecule has 6 heteroatoms. The Balaban J connectivity index is 3.26. The van der Waals surface area contributed by atoms with Crippen molar-refractivity contribution in [2.24, 2.45) is 0 Å².